The van der Waals surface area contributed by atoms with E-state index in [9.17, 15) is 13.6 Å². The molecule has 4 rings (SSSR count). The summed E-state index contributed by atoms with van der Waals surface area (Å²) in [4.78, 5) is 23.7. The molecule has 1 amide bonds. The second-order valence-electron chi connectivity index (χ2n) is 6.13. The number of nitrogens with zero attached hydrogens (tertiary/aromatic N) is 3. The van der Waals surface area contributed by atoms with E-state index < -0.39 is 29.4 Å². The highest BCUT2D eigenvalue weighted by molar-refractivity contribution is 6.33. The molecule has 3 aromatic rings. The van der Waals surface area contributed by atoms with Crippen molar-refractivity contribution in [3.63, 3.8) is 0 Å². The van der Waals surface area contributed by atoms with E-state index in [2.05, 4.69) is 20.3 Å². The average molecular weight is 419 g/mol. The minimum atomic E-state index is -1.08. The van der Waals surface area contributed by atoms with Gasteiger partial charge in [0, 0.05) is 11.1 Å². The summed E-state index contributed by atoms with van der Waals surface area (Å²) in [6, 6.07) is 5.24. The molecular formula is C19H13ClF2N4O3. The summed E-state index contributed by atoms with van der Waals surface area (Å²) >= 11 is 6.26. The number of nitrogens with one attached hydrogen (secondary N) is 1. The molecule has 0 aliphatic carbocycles. The lowest BCUT2D eigenvalue weighted by molar-refractivity contribution is -0.382. The van der Waals surface area contributed by atoms with E-state index in [1.165, 1.54) is 12.4 Å². The summed E-state index contributed by atoms with van der Waals surface area (Å²) in [5.41, 5.74) is 1.04. The van der Waals surface area contributed by atoms with Crippen LogP contribution < -0.4 is 5.32 Å². The summed E-state index contributed by atoms with van der Waals surface area (Å²) in [5, 5.41) is 2.73. The van der Waals surface area contributed by atoms with Gasteiger partial charge in [0.25, 0.3) is 5.91 Å². The van der Waals surface area contributed by atoms with Gasteiger partial charge in [-0.05, 0) is 19.1 Å². The molecule has 148 valence electrons. The number of carbonyl (C=O) groups excluding carboxylic acids is 1. The predicted molar refractivity (Wildman–Crippen MR) is 99.0 cm³/mol. The van der Waals surface area contributed by atoms with Crippen LogP contribution in [0.4, 0.5) is 14.6 Å². The molecule has 1 fully saturated rings. The summed E-state index contributed by atoms with van der Waals surface area (Å²) in [5.74, 6) is -3.14. The molecule has 1 aromatic carbocycles. The minimum absolute atomic E-state index is 0.0149. The Morgan fingerprint density at radius 3 is 2.45 bits per heavy atom. The van der Waals surface area contributed by atoms with Gasteiger partial charge < -0.3 is 14.8 Å². The standard InChI is InChI=1S/C19H13ClF2N4O3/c1-9-28-19(29-9)10-2-3-12(20)11(4-10)15-7-25-16(8-24-15)26-18(27)17-13(21)5-23-6-14(17)22/h2-9,19H,1H3,(H,25,26,27). The van der Waals surface area contributed by atoms with Crippen LogP contribution in [0.5, 0.6) is 0 Å². The van der Waals surface area contributed by atoms with Crippen LogP contribution in [0.1, 0.15) is 29.1 Å². The molecule has 29 heavy (non-hydrogen) atoms. The first-order chi connectivity index (χ1) is 13.9. The maximum Gasteiger partial charge on any atom is 0.262 e. The van der Waals surface area contributed by atoms with Crippen LogP contribution in [0.3, 0.4) is 0 Å². The first-order valence-corrected chi connectivity index (χ1v) is 8.83. The monoisotopic (exact) mass is 418 g/mol. The Labute approximate surface area is 168 Å². The fourth-order valence-electron chi connectivity index (χ4n) is 2.74. The van der Waals surface area contributed by atoms with Gasteiger partial charge >= 0.3 is 0 Å². The molecule has 10 heteroatoms. The number of carbonyl (C=O) groups is 1. The zero-order valence-electron chi connectivity index (χ0n) is 14.9. The van der Waals surface area contributed by atoms with Crippen LogP contribution >= 0.6 is 11.6 Å². The molecule has 0 atom stereocenters. The molecule has 2 aromatic heterocycles. The number of pyridine rings is 1. The van der Waals surface area contributed by atoms with Gasteiger partial charge in [-0.1, -0.05) is 17.7 Å². The number of halogens is 3. The lowest BCUT2D eigenvalue weighted by atomic mass is 10.1. The Balaban J connectivity index is 1.54. The summed E-state index contributed by atoms with van der Waals surface area (Å²) in [6.07, 6.45) is 3.39. The maximum atomic E-state index is 13.7. The molecule has 7 nitrogen and oxygen atoms in total. The van der Waals surface area contributed by atoms with Gasteiger partial charge in [0.15, 0.2) is 30.0 Å². The van der Waals surface area contributed by atoms with Crippen LogP contribution in [0.25, 0.3) is 11.3 Å². The molecule has 0 spiro atoms. The molecule has 0 radical (unpaired) electrons. The van der Waals surface area contributed by atoms with E-state index in [1.807, 2.05) is 0 Å². The molecule has 1 aliphatic rings. The van der Waals surface area contributed by atoms with E-state index in [0.29, 0.717) is 16.3 Å². The van der Waals surface area contributed by atoms with Crippen LogP contribution in [-0.2, 0) is 9.47 Å². The Bertz CT molecular complexity index is 1060. The molecule has 3 heterocycles. The molecule has 1 saturated heterocycles. The lowest BCUT2D eigenvalue weighted by Gasteiger charge is -2.34. The highest BCUT2D eigenvalue weighted by Crippen LogP contribution is 2.35. The second-order valence-corrected chi connectivity index (χ2v) is 6.54. The Hall–Kier alpha value is -3.01. The first-order valence-electron chi connectivity index (χ1n) is 8.45. The number of hydrogen-bond acceptors (Lipinski definition) is 6. The van der Waals surface area contributed by atoms with Crippen molar-refractivity contribution in [3.8, 4) is 11.3 Å². The number of anilines is 1. The third-order valence-electron chi connectivity index (χ3n) is 4.14. The smallest absolute Gasteiger partial charge is 0.262 e. The highest BCUT2D eigenvalue weighted by atomic mass is 35.5. The molecule has 0 saturated carbocycles. The van der Waals surface area contributed by atoms with Gasteiger partial charge in [-0.3, -0.25) is 14.8 Å². The van der Waals surface area contributed by atoms with Crippen molar-refractivity contribution in [2.75, 3.05) is 5.32 Å². The molecule has 0 bridgehead atoms. The number of ether oxygens (including phenoxy) is 2. The number of rotatable bonds is 4. The Morgan fingerprint density at radius 2 is 1.83 bits per heavy atom. The van der Waals surface area contributed by atoms with Gasteiger partial charge in [0.1, 0.15) is 5.56 Å². The average Bonchev–Trinajstić information content (AvgIpc) is 2.67. The van der Waals surface area contributed by atoms with Gasteiger partial charge in [0.05, 0.1) is 35.5 Å². The Kier molecular flexibility index (Phi) is 5.18. The third kappa shape index (κ3) is 3.93. The van der Waals surface area contributed by atoms with Crippen molar-refractivity contribution < 1.29 is 23.0 Å². The van der Waals surface area contributed by atoms with Crippen molar-refractivity contribution in [1.82, 2.24) is 15.0 Å². The third-order valence-corrected chi connectivity index (χ3v) is 4.47. The van der Waals surface area contributed by atoms with Gasteiger partial charge in [-0.25, -0.2) is 13.8 Å². The number of aromatic nitrogens is 3. The number of hydrogen-bond donors (Lipinski definition) is 1. The predicted octanol–water partition coefficient (Wildman–Crippen LogP) is 4.11. The van der Waals surface area contributed by atoms with Crippen molar-refractivity contribution in [2.45, 2.75) is 19.5 Å². The lowest BCUT2D eigenvalue weighted by Crippen LogP contribution is -2.31. The minimum Gasteiger partial charge on any atom is -0.320 e. The first kappa shape index (κ1) is 19.3. The van der Waals surface area contributed by atoms with Gasteiger partial charge in [-0.15, -0.1) is 0 Å². The van der Waals surface area contributed by atoms with E-state index in [-0.39, 0.29) is 12.1 Å². The molecular weight excluding hydrogens is 406 g/mol. The van der Waals surface area contributed by atoms with E-state index in [4.69, 9.17) is 21.1 Å². The normalized spacial score (nSPS) is 18.2. The Morgan fingerprint density at radius 1 is 1.10 bits per heavy atom. The van der Waals surface area contributed by atoms with Gasteiger partial charge in [0.2, 0.25) is 0 Å². The molecule has 1 N–H and O–H groups in total. The molecule has 1 aliphatic heterocycles. The quantitative estimate of drug-likeness (QED) is 0.686. The highest BCUT2D eigenvalue weighted by Gasteiger charge is 2.29. The fourth-order valence-corrected chi connectivity index (χ4v) is 2.95. The number of amides is 1. The second kappa shape index (κ2) is 7.78. The van der Waals surface area contributed by atoms with Crippen LogP contribution in [-0.4, -0.2) is 27.1 Å². The summed E-state index contributed by atoms with van der Waals surface area (Å²) in [6.45, 7) is 1.79. The summed E-state index contributed by atoms with van der Waals surface area (Å²) < 4.78 is 38.3. The van der Waals surface area contributed by atoms with E-state index in [0.717, 1.165) is 18.0 Å². The van der Waals surface area contributed by atoms with Crippen molar-refractivity contribution in [1.29, 1.82) is 0 Å². The van der Waals surface area contributed by atoms with Crippen LogP contribution in [0, 0.1) is 11.6 Å². The largest absolute Gasteiger partial charge is 0.320 e. The van der Waals surface area contributed by atoms with Crippen LogP contribution in [0.2, 0.25) is 5.02 Å². The topological polar surface area (TPSA) is 86.2 Å². The van der Waals surface area contributed by atoms with Crippen molar-refractivity contribution >= 4 is 23.3 Å². The summed E-state index contributed by atoms with van der Waals surface area (Å²) in [7, 11) is 0. The molecule has 0 unspecified atom stereocenters. The van der Waals surface area contributed by atoms with E-state index >= 15 is 0 Å². The van der Waals surface area contributed by atoms with Crippen LogP contribution in [0.15, 0.2) is 43.0 Å². The number of benzene rings is 1. The SMILES string of the molecule is CC1OC(c2ccc(Cl)c(-c3cnc(NC(=O)c4c(F)cncc4F)cn3)c2)O1. The maximum absolute atomic E-state index is 13.7. The van der Waals surface area contributed by atoms with Crippen molar-refractivity contribution in [2.24, 2.45) is 0 Å². The van der Waals surface area contributed by atoms with E-state index in [1.54, 1.807) is 25.1 Å². The van der Waals surface area contributed by atoms with Gasteiger partial charge in [-0.2, -0.15) is 0 Å². The zero-order valence-corrected chi connectivity index (χ0v) is 15.7. The fraction of sp³-hybridized carbons (Fsp3) is 0.158. The zero-order chi connectivity index (χ0) is 20.5. The van der Waals surface area contributed by atoms with Crippen molar-refractivity contribution in [3.05, 3.63) is 70.8 Å².